The fraction of sp³-hybridized carbons (Fsp3) is 0.684. The van der Waals surface area contributed by atoms with E-state index in [-0.39, 0.29) is 29.4 Å². The van der Waals surface area contributed by atoms with Crippen molar-refractivity contribution < 1.29 is 14.3 Å². The van der Waals surface area contributed by atoms with Crippen molar-refractivity contribution in [3.05, 3.63) is 17.6 Å². The molecule has 2 saturated heterocycles. The predicted molar refractivity (Wildman–Crippen MR) is 98.1 cm³/mol. The second kappa shape index (κ2) is 6.85. The topological polar surface area (TPSA) is 75.6 Å². The van der Waals surface area contributed by atoms with E-state index in [9.17, 15) is 9.59 Å². The summed E-state index contributed by atoms with van der Waals surface area (Å²) in [6.07, 6.45) is 1.19. The number of cyclic esters (lactones) is 1. The number of piperidine rings is 1. The Kier molecular flexibility index (Phi) is 4.90. The summed E-state index contributed by atoms with van der Waals surface area (Å²) in [5.41, 5.74) is 0.484. The molecule has 2 amide bonds. The molecule has 0 saturated carbocycles. The van der Waals surface area contributed by atoms with Gasteiger partial charge in [-0.2, -0.15) is 0 Å². The number of ether oxygens (including phenoxy) is 1. The average molecular weight is 360 g/mol. The number of amides is 2. The van der Waals surface area contributed by atoms with Crippen molar-refractivity contribution in [1.29, 1.82) is 0 Å². The van der Waals surface area contributed by atoms with Gasteiger partial charge in [0, 0.05) is 36.2 Å². The van der Waals surface area contributed by atoms with Crippen molar-refractivity contribution in [3.63, 3.8) is 0 Å². The molecule has 142 valence electrons. The Morgan fingerprint density at radius 2 is 1.88 bits per heavy atom. The van der Waals surface area contributed by atoms with Crippen molar-refractivity contribution >= 4 is 17.8 Å². The summed E-state index contributed by atoms with van der Waals surface area (Å²) >= 11 is 0. The second-order valence-electron chi connectivity index (χ2n) is 8.35. The minimum Gasteiger partial charge on any atom is -0.444 e. The summed E-state index contributed by atoms with van der Waals surface area (Å²) < 4.78 is 5.21. The van der Waals surface area contributed by atoms with Crippen molar-refractivity contribution in [3.8, 4) is 0 Å². The molecule has 0 N–H and O–H groups in total. The van der Waals surface area contributed by atoms with Crippen LogP contribution in [0.4, 0.5) is 10.6 Å². The first-order chi connectivity index (χ1) is 12.1. The van der Waals surface area contributed by atoms with E-state index in [4.69, 9.17) is 4.74 Å². The van der Waals surface area contributed by atoms with Crippen LogP contribution >= 0.6 is 0 Å². The van der Waals surface area contributed by atoms with Gasteiger partial charge in [-0.25, -0.2) is 14.8 Å². The Morgan fingerprint density at radius 3 is 2.42 bits per heavy atom. The molecule has 0 aliphatic carbocycles. The Balaban J connectivity index is 1.73. The van der Waals surface area contributed by atoms with Gasteiger partial charge in [-0.15, -0.1) is 0 Å². The molecule has 1 aromatic rings. The fourth-order valence-corrected chi connectivity index (χ4v) is 3.50. The normalized spacial score (nSPS) is 21.9. The molecule has 0 aromatic carbocycles. The number of rotatable bonds is 2. The molecule has 0 bridgehead atoms. The first-order valence-electron chi connectivity index (χ1n) is 9.28. The molecule has 7 nitrogen and oxygen atoms in total. The van der Waals surface area contributed by atoms with Crippen LogP contribution in [0.1, 0.15) is 58.0 Å². The smallest absolute Gasteiger partial charge is 0.415 e. The number of hydrogen-bond donors (Lipinski definition) is 0. The molecule has 3 rings (SSSR count). The minimum absolute atomic E-state index is 0.132. The lowest BCUT2D eigenvalue weighted by Crippen LogP contribution is -2.44. The Bertz CT molecular complexity index is 705. The first-order valence-corrected chi connectivity index (χ1v) is 9.28. The molecular weight excluding hydrogens is 332 g/mol. The molecule has 1 aromatic heterocycles. The maximum atomic E-state index is 12.4. The van der Waals surface area contributed by atoms with Gasteiger partial charge in [-0.1, -0.05) is 20.8 Å². The van der Waals surface area contributed by atoms with E-state index < -0.39 is 0 Å². The SMILES string of the molecule is Cc1cc(N2C[C@H](C)OC2=O)nc(C2CCN(C(=O)C(C)(C)C)CC2)n1. The number of likely N-dealkylation sites (tertiary alicyclic amines) is 1. The van der Waals surface area contributed by atoms with Crippen molar-refractivity contribution in [2.75, 3.05) is 24.5 Å². The molecule has 2 fully saturated rings. The number of anilines is 1. The minimum atomic E-state index is -0.355. The standard InChI is InChI=1S/C19H28N4O3/c1-12-10-15(23-11-13(2)26-18(23)25)21-16(20-12)14-6-8-22(9-7-14)17(24)19(3,4)5/h10,13-14H,6-9,11H2,1-5H3/t13-/m0/s1. The molecule has 0 spiro atoms. The van der Waals surface area contributed by atoms with Crippen LogP contribution in [0.3, 0.4) is 0 Å². The highest BCUT2D eigenvalue weighted by Gasteiger charge is 2.33. The van der Waals surface area contributed by atoms with Crippen LogP contribution in [0, 0.1) is 12.3 Å². The summed E-state index contributed by atoms with van der Waals surface area (Å²) in [6, 6.07) is 1.82. The number of hydrogen-bond acceptors (Lipinski definition) is 5. The van der Waals surface area contributed by atoms with E-state index in [0.717, 1.165) is 37.4 Å². The lowest BCUT2D eigenvalue weighted by atomic mass is 9.90. The molecule has 7 heteroatoms. The van der Waals surface area contributed by atoms with Crippen molar-refractivity contribution in [2.45, 2.75) is 59.5 Å². The summed E-state index contributed by atoms with van der Waals surface area (Å²) in [5, 5.41) is 0. The molecule has 0 radical (unpaired) electrons. The van der Waals surface area contributed by atoms with E-state index >= 15 is 0 Å². The van der Waals surface area contributed by atoms with Gasteiger partial charge in [-0.05, 0) is 26.7 Å². The van der Waals surface area contributed by atoms with E-state index in [1.165, 1.54) is 0 Å². The van der Waals surface area contributed by atoms with Crippen LogP contribution in [-0.2, 0) is 9.53 Å². The van der Waals surface area contributed by atoms with Gasteiger partial charge < -0.3 is 9.64 Å². The van der Waals surface area contributed by atoms with Crippen LogP contribution < -0.4 is 4.90 Å². The fourth-order valence-electron chi connectivity index (χ4n) is 3.50. The van der Waals surface area contributed by atoms with E-state index in [2.05, 4.69) is 9.97 Å². The van der Waals surface area contributed by atoms with Gasteiger partial charge in [-0.3, -0.25) is 9.69 Å². The third-order valence-corrected chi connectivity index (χ3v) is 4.89. The lowest BCUT2D eigenvalue weighted by molar-refractivity contribution is -0.140. The molecule has 2 aliphatic heterocycles. The summed E-state index contributed by atoms with van der Waals surface area (Å²) in [6.45, 7) is 11.6. The lowest BCUT2D eigenvalue weighted by Gasteiger charge is -2.35. The van der Waals surface area contributed by atoms with Gasteiger partial charge >= 0.3 is 6.09 Å². The molecule has 1 atom stereocenters. The quantitative estimate of drug-likeness (QED) is 0.810. The third kappa shape index (κ3) is 3.81. The van der Waals surface area contributed by atoms with Gasteiger partial charge in [0.1, 0.15) is 17.7 Å². The zero-order valence-electron chi connectivity index (χ0n) is 16.3. The second-order valence-corrected chi connectivity index (χ2v) is 8.35. The van der Waals surface area contributed by atoms with Crippen LogP contribution in [0.15, 0.2) is 6.07 Å². The van der Waals surface area contributed by atoms with Crippen molar-refractivity contribution in [1.82, 2.24) is 14.9 Å². The van der Waals surface area contributed by atoms with Gasteiger partial charge in [0.2, 0.25) is 5.91 Å². The molecule has 2 aliphatic rings. The van der Waals surface area contributed by atoms with E-state index in [0.29, 0.717) is 12.4 Å². The van der Waals surface area contributed by atoms with Gasteiger partial charge in [0.25, 0.3) is 0 Å². The zero-order valence-corrected chi connectivity index (χ0v) is 16.3. The molecule has 0 unspecified atom stereocenters. The largest absolute Gasteiger partial charge is 0.444 e. The Labute approximate surface area is 154 Å². The number of aryl methyl sites for hydroxylation is 1. The van der Waals surface area contributed by atoms with Gasteiger partial charge in [0.05, 0.1) is 6.54 Å². The highest BCUT2D eigenvalue weighted by atomic mass is 16.6. The maximum absolute atomic E-state index is 12.4. The number of nitrogens with zero attached hydrogens (tertiary/aromatic N) is 4. The van der Waals surface area contributed by atoms with Crippen LogP contribution in [0.2, 0.25) is 0 Å². The monoisotopic (exact) mass is 360 g/mol. The number of carbonyl (C=O) groups is 2. The predicted octanol–water partition coefficient (Wildman–Crippen LogP) is 2.88. The van der Waals surface area contributed by atoms with Gasteiger partial charge in [0.15, 0.2) is 0 Å². The summed E-state index contributed by atoms with van der Waals surface area (Å²) in [7, 11) is 0. The molecule has 3 heterocycles. The van der Waals surface area contributed by atoms with Crippen LogP contribution in [0.5, 0.6) is 0 Å². The van der Waals surface area contributed by atoms with Crippen molar-refractivity contribution in [2.24, 2.45) is 5.41 Å². The van der Waals surface area contributed by atoms with E-state index in [1.54, 1.807) is 4.90 Å². The summed E-state index contributed by atoms with van der Waals surface area (Å²) in [5.74, 6) is 1.76. The zero-order chi connectivity index (χ0) is 19.1. The third-order valence-electron chi connectivity index (χ3n) is 4.89. The highest BCUT2D eigenvalue weighted by Crippen LogP contribution is 2.30. The highest BCUT2D eigenvalue weighted by molar-refractivity contribution is 5.88. The maximum Gasteiger partial charge on any atom is 0.415 e. The Morgan fingerprint density at radius 1 is 1.23 bits per heavy atom. The Hall–Kier alpha value is -2.18. The van der Waals surface area contributed by atoms with E-state index in [1.807, 2.05) is 45.6 Å². The number of carbonyl (C=O) groups excluding carboxylic acids is 2. The van der Waals surface area contributed by atoms with Crippen LogP contribution in [0.25, 0.3) is 0 Å². The first kappa shape index (κ1) is 18.6. The van der Waals surface area contributed by atoms with Crippen LogP contribution in [-0.4, -0.2) is 52.6 Å². The number of aromatic nitrogens is 2. The molecular formula is C19H28N4O3. The molecule has 26 heavy (non-hydrogen) atoms. The summed E-state index contributed by atoms with van der Waals surface area (Å²) in [4.78, 5) is 37.2. The average Bonchev–Trinajstić information content (AvgIpc) is 2.91.